The largest absolute Gasteiger partial charge is 0.506 e. The van der Waals surface area contributed by atoms with Gasteiger partial charge in [0.1, 0.15) is 11.4 Å². The smallest absolute Gasteiger partial charge is 0.190 e. The highest BCUT2D eigenvalue weighted by Crippen LogP contribution is 2.33. The molecule has 3 aromatic rings. The second-order valence-corrected chi connectivity index (χ2v) is 7.79. The van der Waals surface area contributed by atoms with E-state index in [0.29, 0.717) is 11.6 Å². The van der Waals surface area contributed by atoms with Crippen molar-refractivity contribution in [2.24, 2.45) is 16.0 Å². The molecule has 0 saturated heterocycles. The number of hydrogen-bond acceptors (Lipinski definition) is 5. The first kappa shape index (κ1) is 19.3. The third-order valence-electron chi connectivity index (χ3n) is 4.86. The minimum atomic E-state index is 0.0388. The van der Waals surface area contributed by atoms with Crippen molar-refractivity contribution in [1.82, 2.24) is 4.57 Å². The molecule has 1 heterocycles. The summed E-state index contributed by atoms with van der Waals surface area (Å²) in [5.41, 5.74) is 9.41. The van der Waals surface area contributed by atoms with E-state index in [9.17, 15) is 5.11 Å². The predicted molar refractivity (Wildman–Crippen MR) is 111 cm³/mol. The summed E-state index contributed by atoms with van der Waals surface area (Å²) >= 11 is 1.58. The van der Waals surface area contributed by atoms with Gasteiger partial charge in [0.2, 0.25) is 0 Å². The molecular formula is C21H26N4OS. The zero-order chi connectivity index (χ0) is 19.2. The van der Waals surface area contributed by atoms with Crippen molar-refractivity contribution in [1.29, 1.82) is 5.53 Å². The average molecular weight is 383 g/mol. The third-order valence-corrected chi connectivity index (χ3v) is 5.91. The molecule has 5 nitrogen and oxygen atoms in total. The van der Waals surface area contributed by atoms with E-state index in [4.69, 9.17) is 10.5 Å². The number of para-hydroxylation sites is 1. The first-order valence-corrected chi connectivity index (χ1v) is 10.3. The van der Waals surface area contributed by atoms with Gasteiger partial charge in [0.05, 0.1) is 15.9 Å². The lowest BCUT2D eigenvalue weighted by atomic mass is 9.99. The van der Waals surface area contributed by atoms with Gasteiger partial charge >= 0.3 is 0 Å². The zero-order valence-electron chi connectivity index (χ0n) is 15.9. The quantitative estimate of drug-likeness (QED) is 0.428. The molecule has 142 valence electrons. The Labute approximate surface area is 163 Å². The van der Waals surface area contributed by atoms with E-state index in [-0.39, 0.29) is 5.75 Å². The molecule has 1 aromatic heterocycles. The third kappa shape index (κ3) is 4.45. The maximum Gasteiger partial charge on any atom is 0.190 e. The SMILES string of the molecule is CCCCC(CC)Cn1c(=Nc2ccccc2)sc2cc(N=N)c(O)cc21. The van der Waals surface area contributed by atoms with Crippen LogP contribution in [0.5, 0.6) is 5.75 Å². The number of aromatic hydroxyl groups is 1. The molecule has 6 heteroatoms. The first-order valence-electron chi connectivity index (χ1n) is 9.49. The standard InChI is InChI=1S/C21H26N4OS/c1-3-5-9-15(4-2)14-25-18-13-19(26)17(24-22)12-20(18)27-21(25)23-16-10-7-6-8-11-16/h6-8,10-13,15,22,26H,3-5,9,14H2,1-2H3. The van der Waals surface area contributed by atoms with Crippen LogP contribution in [-0.4, -0.2) is 9.67 Å². The van der Waals surface area contributed by atoms with Crippen LogP contribution in [0.1, 0.15) is 39.5 Å². The zero-order valence-corrected chi connectivity index (χ0v) is 16.7. The second-order valence-electron chi connectivity index (χ2n) is 6.78. The lowest BCUT2D eigenvalue weighted by molar-refractivity contribution is 0.392. The Morgan fingerprint density at radius 3 is 2.63 bits per heavy atom. The van der Waals surface area contributed by atoms with Crippen molar-refractivity contribution in [2.75, 3.05) is 0 Å². The van der Waals surface area contributed by atoms with Crippen molar-refractivity contribution < 1.29 is 5.11 Å². The van der Waals surface area contributed by atoms with Crippen LogP contribution in [0, 0.1) is 11.4 Å². The van der Waals surface area contributed by atoms with Gasteiger partial charge < -0.3 is 9.67 Å². The highest BCUT2D eigenvalue weighted by Gasteiger charge is 2.14. The lowest BCUT2D eigenvalue weighted by Crippen LogP contribution is -2.20. The van der Waals surface area contributed by atoms with Crippen LogP contribution in [0.4, 0.5) is 11.4 Å². The normalized spacial score (nSPS) is 13.2. The van der Waals surface area contributed by atoms with Crippen LogP contribution < -0.4 is 4.80 Å². The molecule has 0 saturated carbocycles. The topological polar surface area (TPSA) is 73.7 Å². The number of aromatic nitrogens is 1. The monoisotopic (exact) mass is 382 g/mol. The molecule has 2 aromatic carbocycles. The van der Waals surface area contributed by atoms with E-state index >= 15 is 0 Å². The van der Waals surface area contributed by atoms with Gasteiger partial charge in [-0.3, -0.25) is 0 Å². The minimum Gasteiger partial charge on any atom is -0.506 e. The highest BCUT2D eigenvalue weighted by molar-refractivity contribution is 7.16. The fraction of sp³-hybridized carbons (Fsp3) is 0.381. The van der Waals surface area contributed by atoms with E-state index in [1.165, 1.54) is 19.3 Å². The van der Waals surface area contributed by atoms with Gasteiger partial charge in [-0.2, -0.15) is 5.11 Å². The lowest BCUT2D eigenvalue weighted by Gasteiger charge is -2.16. The number of benzene rings is 2. The molecule has 3 rings (SSSR count). The highest BCUT2D eigenvalue weighted by atomic mass is 32.1. The van der Waals surface area contributed by atoms with Crippen molar-refractivity contribution >= 4 is 32.9 Å². The molecule has 1 unspecified atom stereocenters. The van der Waals surface area contributed by atoms with Gasteiger partial charge in [0, 0.05) is 12.6 Å². The summed E-state index contributed by atoms with van der Waals surface area (Å²) in [5, 5.41) is 13.6. The summed E-state index contributed by atoms with van der Waals surface area (Å²) in [6.07, 6.45) is 4.72. The first-order chi connectivity index (χ1) is 13.2. The number of thiazole rings is 1. The van der Waals surface area contributed by atoms with E-state index in [1.807, 2.05) is 30.3 Å². The number of phenolic OH excluding ortho intramolecular Hbond substituents is 1. The van der Waals surface area contributed by atoms with Crippen molar-refractivity contribution in [3.05, 3.63) is 47.3 Å². The number of nitrogens with zero attached hydrogens (tertiary/aromatic N) is 3. The molecule has 27 heavy (non-hydrogen) atoms. The van der Waals surface area contributed by atoms with Gasteiger partial charge in [0.15, 0.2) is 4.80 Å². The second kappa shape index (κ2) is 8.95. The van der Waals surface area contributed by atoms with E-state index in [2.05, 4.69) is 23.5 Å². The molecule has 0 spiro atoms. The fourth-order valence-electron chi connectivity index (χ4n) is 3.23. The van der Waals surface area contributed by atoms with Crippen molar-refractivity contribution in [3.63, 3.8) is 0 Å². The van der Waals surface area contributed by atoms with Crippen LogP contribution in [0.15, 0.2) is 52.6 Å². The Morgan fingerprint density at radius 2 is 1.96 bits per heavy atom. The van der Waals surface area contributed by atoms with E-state index < -0.39 is 0 Å². The Hall–Kier alpha value is -2.47. The van der Waals surface area contributed by atoms with Crippen molar-refractivity contribution in [3.8, 4) is 5.75 Å². The average Bonchev–Trinajstić information content (AvgIpc) is 3.01. The van der Waals surface area contributed by atoms with Crippen LogP contribution in [0.25, 0.3) is 10.2 Å². The summed E-state index contributed by atoms with van der Waals surface area (Å²) in [6.45, 7) is 5.33. The Morgan fingerprint density at radius 1 is 1.19 bits per heavy atom. The summed E-state index contributed by atoms with van der Waals surface area (Å²) in [5.74, 6) is 0.608. The number of fused-ring (bicyclic) bond motifs is 1. The molecule has 0 amide bonds. The number of rotatable bonds is 8. The number of phenols is 1. The summed E-state index contributed by atoms with van der Waals surface area (Å²) in [4.78, 5) is 5.76. The van der Waals surface area contributed by atoms with Gasteiger partial charge in [0.25, 0.3) is 0 Å². The molecule has 0 bridgehead atoms. The van der Waals surface area contributed by atoms with Gasteiger partial charge in [-0.05, 0) is 30.5 Å². The number of unbranched alkanes of at least 4 members (excludes halogenated alkanes) is 1. The van der Waals surface area contributed by atoms with Crippen LogP contribution in [-0.2, 0) is 6.54 Å². The fourth-order valence-corrected chi connectivity index (χ4v) is 4.31. The van der Waals surface area contributed by atoms with Gasteiger partial charge in [-0.1, -0.05) is 62.6 Å². The number of nitrogens with one attached hydrogen (secondary N) is 1. The maximum absolute atomic E-state index is 10.2. The van der Waals surface area contributed by atoms with Crippen LogP contribution in [0.2, 0.25) is 0 Å². The molecule has 2 N–H and O–H groups in total. The van der Waals surface area contributed by atoms with E-state index in [0.717, 1.165) is 33.7 Å². The summed E-state index contributed by atoms with van der Waals surface area (Å²) < 4.78 is 3.20. The van der Waals surface area contributed by atoms with Crippen LogP contribution >= 0.6 is 11.3 Å². The summed E-state index contributed by atoms with van der Waals surface area (Å²) in [6, 6.07) is 13.4. The number of hydrogen-bond donors (Lipinski definition) is 2. The molecular weight excluding hydrogens is 356 g/mol. The Kier molecular flexibility index (Phi) is 6.40. The van der Waals surface area contributed by atoms with Crippen molar-refractivity contribution in [2.45, 2.75) is 46.1 Å². The van der Waals surface area contributed by atoms with E-state index in [1.54, 1.807) is 23.5 Å². The maximum atomic E-state index is 10.2. The Balaban J connectivity index is 2.14. The molecule has 0 fully saturated rings. The Bertz CT molecular complexity index is 975. The minimum absolute atomic E-state index is 0.0388. The molecule has 0 aliphatic carbocycles. The summed E-state index contributed by atoms with van der Waals surface area (Å²) in [7, 11) is 0. The molecule has 0 radical (unpaired) electrons. The van der Waals surface area contributed by atoms with Gasteiger partial charge in [-0.15, -0.1) is 0 Å². The molecule has 0 aliphatic heterocycles. The molecule has 0 aliphatic rings. The van der Waals surface area contributed by atoms with Crippen LogP contribution in [0.3, 0.4) is 0 Å². The predicted octanol–water partition coefficient (Wildman–Crippen LogP) is 6.52. The van der Waals surface area contributed by atoms with Gasteiger partial charge in [-0.25, -0.2) is 10.5 Å². The molecule has 1 atom stereocenters.